The van der Waals surface area contributed by atoms with Crippen molar-refractivity contribution in [2.75, 3.05) is 0 Å². The Morgan fingerprint density at radius 1 is 1.31 bits per heavy atom. The molecule has 0 aliphatic heterocycles. The van der Waals surface area contributed by atoms with Gasteiger partial charge in [0.2, 0.25) is 5.82 Å². The van der Waals surface area contributed by atoms with Gasteiger partial charge in [0.1, 0.15) is 0 Å². The molecule has 16 heavy (non-hydrogen) atoms. The van der Waals surface area contributed by atoms with Crippen molar-refractivity contribution in [3.8, 4) is 11.6 Å². The predicted molar refractivity (Wildman–Crippen MR) is 54.4 cm³/mol. The van der Waals surface area contributed by atoms with Gasteiger partial charge in [-0.15, -0.1) is 5.10 Å². The van der Waals surface area contributed by atoms with E-state index in [2.05, 4.69) is 20.2 Å². The molecular weight excluding hydrogens is 256 g/mol. The van der Waals surface area contributed by atoms with Crippen LogP contribution < -0.4 is 0 Å². The van der Waals surface area contributed by atoms with E-state index in [1.54, 1.807) is 13.8 Å². The molecule has 0 spiro atoms. The van der Waals surface area contributed by atoms with Gasteiger partial charge >= 0.3 is 0 Å². The fraction of sp³-hybridized carbons (Fsp3) is 0.286. The van der Waals surface area contributed by atoms with Crippen LogP contribution in [0.1, 0.15) is 11.6 Å². The molecule has 7 nitrogen and oxygen atoms in total. The minimum atomic E-state index is -3.92. The molecule has 0 fully saturated rings. The fourth-order valence-corrected chi connectivity index (χ4v) is 1.75. The van der Waals surface area contributed by atoms with Gasteiger partial charge < -0.3 is 4.42 Å². The van der Waals surface area contributed by atoms with Gasteiger partial charge in [0, 0.05) is 17.6 Å². The summed E-state index contributed by atoms with van der Waals surface area (Å²) in [5.74, 6) is 0.880. The molecule has 9 heteroatoms. The zero-order valence-corrected chi connectivity index (χ0v) is 9.93. The van der Waals surface area contributed by atoms with E-state index in [9.17, 15) is 8.42 Å². The van der Waals surface area contributed by atoms with Crippen molar-refractivity contribution < 1.29 is 12.8 Å². The quantitative estimate of drug-likeness (QED) is 0.810. The first-order valence-corrected chi connectivity index (χ1v) is 6.50. The van der Waals surface area contributed by atoms with Crippen LogP contribution in [0.4, 0.5) is 0 Å². The fourth-order valence-electron chi connectivity index (χ4n) is 1.20. The lowest BCUT2D eigenvalue weighted by molar-refractivity contribution is 0.530. The second-order valence-electron chi connectivity index (χ2n) is 3.05. The molecule has 0 radical (unpaired) electrons. The molecule has 2 aromatic rings. The summed E-state index contributed by atoms with van der Waals surface area (Å²) in [6.07, 6.45) is 0. The SMILES string of the molecule is Cc1nc(C)c(-c2n[nH]c(S(=O)(=O)Cl)n2)o1. The number of rotatable bonds is 2. The summed E-state index contributed by atoms with van der Waals surface area (Å²) >= 11 is 0. The molecule has 0 amide bonds. The Labute approximate surface area is 95.3 Å². The molecule has 0 aliphatic rings. The monoisotopic (exact) mass is 262 g/mol. The first kappa shape index (κ1) is 11.1. The molecule has 2 aromatic heterocycles. The first-order chi connectivity index (χ1) is 7.38. The van der Waals surface area contributed by atoms with Gasteiger partial charge in [-0.05, 0) is 6.92 Å². The molecule has 0 bridgehead atoms. The van der Waals surface area contributed by atoms with E-state index in [4.69, 9.17) is 15.1 Å². The van der Waals surface area contributed by atoms with E-state index in [-0.39, 0.29) is 5.82 Å². The number of nitrogens with zero attached hydrogens (tertiary/aromatic N) is 3. The topological polar surface area (TPSA) is 102 Å². The smallest absolute Gasteiger partial charge is 0.296 e. The van der Waals surface area contributed by atoms with Crippen molar-refractivity contribution in [3.05, 3.63) is 11.6 Å². The molecular formula is C7H7ClN4O3S. The summed E-state index contributed by atoms with van der Waals surface area (Å²) in [4.78, 5) is 7.72. The summed E-state index contributed by atoms with van der Waals surface area (Å²) in [6, 6.07) is 0. The average molecular weight is 263 g/mol. The van der Waals surface area contributed by atoms with Crippen LogP contribution in [0.3, 0.4) is 0 Å². The van der Waals surface area contributed by atoms with E-state index < -0.39 is 14.2 Å². The van der Waals surface area contributed by atoms with E-state index >= 15 is 0 Å². The van der Waals surface area contributed by atoms with E-state index in [0.717, 1.165) is 0 Å². The van der Waals surface area contributed by atoms with Crippen molar-refractivity contribution in [1.29, 1.82) is 0 Å². The number of H-pyrrole nitrogens is 1. The number of aromatic amines is 1. The van der Waals surface area contributed by atoms with Crippen LogP contribution in [0.15, 0.2) is 9.57 Å². The Morgan fingerprint density at radius 2 is 2.00 bits per heavy atom. The Morgan fingerprint density at radius 3 is 2.44 bits per heavy atom. The summed E-state index contributed by atoms with van der Waals surface area (Å²) in [5, 5.41) is 5.49. The molecule has 1 N–H and O–H groups in total. The Kier molecular flexibility index (Phi) is 2.47. The molecule has 86 valence electrons. The van der Waals surface area contributed by atoms with Crippen LogP contribution in [0, 0.1) is 13.8 Å². The molecule has 0 saturated heterocycles. The molecule has 0 aromatic carbocycles. The van der Waals surface area contributed by atoms with Crippen molar-refractivity contribution in [3.63, 3.8) is 0 Å². The lowest BCUT2D eigenvalue weighted by Crippen LogP contribution is -1.92. The summed E-state index contributed by atoms with van der Waals surface area (Å²) in [5.41, 5.74) is 0.579. The Hall–Kier alpha value is -1.41. The summed E-state index contributed by atoms with van der Waals surface area (Å²) in [7, 11) is 1.18. The van der Waals surface area contributed by atoms with Crippen molar-refractivity contribution in [2.45, 2.75) is 19.0 Å². The normalized spacial score (nSPS) is 11.9. The summed E-state index contributed by atoms with van der Waals surface area (Å²) in [6.45, 7) is 3.37. The van der Waals surface area contributed by atoms with Gasteiger partial charge in [-0.2, -0.15) is 4.98 Å². The van der Waals surface area contributed by atoms with Gasteiger partial charge in [0.05, 0.1) is 5.69 Å². The van der Waals surface area contributed by atoms with E-state index in [1.165, 1.54) is 0 Å². The standard InChI is InChI=1S/C7H7ClN4O3S/c1-3-5(15-4(2)9-3)6-10-7(12-11-6)16(8,13)14/h1-2H3,(H,10,11,12). The number of halogens is 1. The van der Waals surface area contributed by atoms with Gasteiger partial charge in [-0.25, -0.2) is 18.5 Å². The number of oxazole rings is 1. The molecule has 0 saturated carbocycles. The largest absolute Gasteiger partial charge is 0.437 e. The van der Waals surface area contributed by atoms with Gasteiger partial charge in [0.15, 0.2) is 11.7 Å². The number of nitrogens with one attached hydrogen (secondary N) is 1. The number of hydrogen-bond acceptors (Lipinski definition) is 6. The van der Waals surface area contributed by atoms with Crippen LogP contribution in [-0.2, 0) is 9.05 Å². The Balaban J connectivity index is 2.51. The lowest BCUT2D eigenvalue weighted by Gasteiger charge is -1.87. The number of aryl methyl sites for hydroxylation is 2. The second-order valence-corrected chi connectivity index (χ2v) is 5.53. The highest BCUT2D eigenvalue weighted by Crippen LogP contribution is 2.21. The van der Waals surface area contributed by atoms with Crippen LogP contribution in [0.25, 0.3) is 11.6 Å². The maximum absolute atomic E-state index is 11.0. The number of hydrogen-bond donors (Lipinski definition) is 1. The maximum atomic E-state index is 11.0. The molecule has 0 atom stereocenters. The van der Waals surface area contributed by atoms with Gasteiger partial charge in [-0.1, -0.05) is 0 Å². The van der Waals surface area contributed by atoms with E-state index in [0.29, 0.717) is 17.3 Å². The predicted octanol–water partition coefficient (Wildman–Crippen LogP) is 1.00. The average Bonchev–Trinajstić information content (AvgIpc) is 2.70. The van der Waals surface area contributed by atoms with E-state index in [1.807, 2.05) is 0 Å². The summed E-state index contributed by atoms with van der Waals surface area (Å²) < 4.78 is 27.1. The van der Waals surface area contributed by atoms with Crippen LogP contribution in [0.2, 0.25) is 0 Å². The first-order valence-electron chi connectivity index (χ1n) is 4.19. The van der Waals surface area contributed by atoms with Crippen molar-refractivity contribution in [1.82, 2.24) is 20.2 Å². The minimum Gasteiger partial charge on any atom is -0.437 e. The zero-order valence-electron chi connectivity index (χ0n) is 8.35. The van der Waals surface area contributed by atoms with Crippen LogP contribution >= 0.6 is 10.7 Å². The number of aromatic nitrogens is 4. The van der Waals surface area contributed by atoms with Gasteiger partial charge in [0.25, 0.3) is 14.2 Å². The maximum Gasteiger partial charge on any atom is 0.296 e. The highest BCUT2D eigenvalue weighted by molar-refractivity contribution is 8.13. The van der Waals surface area contributed by atoms with Crippen molar-refractivity contribution in [2.24, 2.45) is 0 Å². The molecule has 2 heterocycles. The van der Waals surface area contributed by atoms with Crippen molar-refractivity contribution >= 4 is 19.7 Å². The van der Waals surface area contributed by atoms with Gasteiger partial charge in [-0.3, -0.25) is 0 Å². The van der Waals surface area contributed by atoms with Crippen LogP contribution in [-0.4, -0.2) is 28.6 Å². The second kappa shape index (κ2) is 3.56. The zero-order chi connectivity index (χ0) is 11.9. The highest BCUT2D eigenvalue weighted by atomic mass is 35.7. The minimum absolute atomic E-state index is 0.109. The molecule has 0 unspecified atom stereocenters. The third-order valence-electron chi connectivity index (χ3n) is 1.80. The molecule has 2 rings (SSSR count). The third-order valence-corrected chi connectivity index (χ3v) is 2.89. The third kappa shape index (κ3) is 1.93. The Bertz CT molecular complexity index is 630. The lowest BCUT2D eigenvalue weighted by atomic mass is 10.3. The van der Waals surface area contributed by atoms with Crippen LogP contribution in [0.5, 0.6) is 0 Å². The highest BCUT2D eigenvalue weighted by Gasteiger charge is 2.20. The molecule has 0 aliphatic carbocycles.